The highest BCUT2D eigenvalue weighted by Crippen LogP contribution is 2.19. The highest BCUT2D eigenvalue weighted by molar-refractivity contribution is 7.89. The number of hydrogen-bond donors (Lipinski definition) is 0. The van der Waals surface area contributed by atoms with Gasteiger partial charge in [0.15, 0.2) is 0 Å². The number of sulfonamides is 1. The van der Waals surface area contributed by atoms with Gasteiger partial charge in [0.1, 0.15) is 0 Å². The molecule has 0 aliphatic carbocycles. The van der Waals surface area contributed by atoms with Crippen molar-refractivity contribution in [2.75, 3.05) is 6.54 Å². The molecule has 0 radical (unpaired) electrons. The van der Waals surface area contributed by atoms with E-state index in [9.17, 15) is 8.42 Å². The van der Waals surface area contributed by atoms with Gasteiger partial charge >= 0.3 is 0 Å². The summed E-state index contributed by atoms with van der Waals surface area (Å²) in [7, 11) is -3.55. The number of benzene rings is 1. The Balaban J connectivity index is 2.31. The van der Waals surface area contributed by atoms with Crippen molar-refractivity contribution in [2.24, 2.45) is 0 Å². The van der Waals surface area contributed by atoms with E-state index >= 15 is 0 Å². The zero-order valence-electron chi connectivity index (χ0n) is 11.7. The van der Waals surface area contributed by atoms with Crippen LogP contribution in [0.5, 0.6) is 0 Å². The molecule has 0 bridgehead atoms. The normalized spacial score (nSPS) is 11.8. The van der Waals surface area contributed by atoms with Crippen LogP contribution in [0.25, 0.3) is 0 Å². The molecule has 21 heavy (non-hydrogen) atoms. The molecule has 4 nitrogen and oxygen atoms in total. The second-order valence-electron chi connectivity index (χ2n) is 4.53. The lowest BCUT2D eigenvalue weighted by Crippen LogP contribution is -2.30. The average molecular weight is 325 g/mol. The largest absolute Gasteiger partial charge is 0.260 e. The van der Waals surface area contributed by atoms with Gasteiger partial charge in [0.25, 0.3) is 0 Å². The molecule has 0 aliphatic rings. The first-order valence-corrected chi connectivity index (χ1v) is 8.60. The molecule has 0 spiro atoms. The lowest BCUT2D eigenvalue weighted by Gasteiger charge is -2.20. The van der Waals surface area contributed by atoms with Crippen LogP contribution in [0.3, 0.4) is 0 Å². The molecule has 0 amide bonds. The van der Waals surface area contributed by atoms with Crippen LogP contribution in [0.1, 0.15) is 18.2 Å². The fourth-order valence-corrected chi connectivity index (χ4v) is 3.63. The average Bonchev–Trinajstić information content (AvgIpc) is 2.53. The van der Waals surface area contributed by atoms with Gasteiger partial charge in [-0.05, 0) is 29.8 Å². The van der Waals surface area contributed by atoms with Crippen LogP contribution in [0.4, 0.5) is 0 Å². The maximum absolute atomic E-state index is 12.7. The quantitative estimate of drug-likeness (QED) is 0.767. The molecule has 1 aromatic carbocycles. The second kappa shape index (κ2) is 7.02. The van der Waals surface area contributed by atoms with Crippen LogP contribution < -0.4 is 0 Å². The number of pyridine rings is 1. The Morgan fingerprint density at radius 1 is 1.19 bits per heavy atom. The predicted molar refractivity (Wildman–Crippen MR) is 83.5 cm³/mol. The third kappa shape index (κ3) is 3.81. The summed E-state index contributed by atoms with van der Waals surface area (Å²) in [6.45, 7) is 2.45. The van der Waals surface area contributed by atoms with Gasteiger partial charge < -0.3 is 0 Å². The van der Waals surface area contributed by atoms with Crippen molar-refractivity contribution in [2.45, 2.75) is 24.2 Å². The summed E-state index contributed by atoms with van der Waals surface area (Å²) in [6, 6.07) is 12.2. The molecule has 0 saturated heterocycles. The fourth-order valence-electron chi connectivity index (χ4n) is 1.98. The van der Waals surface area contributed by atoms with Gasteiger partial charge in [0.05, 0.1) is 17.1 Å². The van der Waals surface area contributed by atoms with E-state index < -0.39 is 10.0 Å². The second-order valence-corrected chi connectivity index (χ2v) is 6.74. The van der Waals surface area contributed by atoms with E-state index in [-0.39, 0.29) is 17.3 Å². The topological polar surface area (TPSA) is 50.3 Å². The van der Waals surface area contributed by atoms with Crippen LogP contribution in [0.2, 0.25) is 0 Å². The van der Waals surface area contributed by atoms with Gasteiger partial charge in [-0.2, -0.15) is 4.31 Å². The molecule has 2 aromatic rings. The van der Waals surface area contributed by atoms with E-state index in [1.54, 1.807) is 36.5 Å². The van der Waals surface area contributed by atoms with Crippen LogP contribution in [-0.4, -0.2) is 24.3 Å². The predicted octanol–water partition coefficient (Wildman–Crippen LogP) is 3.03. The van der Waals surface area contributed by atoms with Gasteiger partial charge in [-0.3, -0.25) is 4.98 Å². The molecule has 2 rings (SSSR count). The fraction of sp³-hybridized carbons (Fsp3) is 0.267. The van der Waals surface area contributed by atoms with Gasteiger partial charge in [-0.25, -0.2) is 8.42 Å². The standard InChI is InChI=1S/C15H17ClN2O2S/c1-2-18(12-14-7-3-4-9-17-14)21(19,20)15-8-5-6-13(10-15)11-16/h3-10H,2,11-12H2,1H3. The highest BCUT2D eigenvalue weighted by atomic mass is 35.5. The number of alkyl halides is 1. The molecule has 6 heteroatoms. The van der Waals surface area contributed by atoms with Crippen molar-refractivity contribution in [1.29, 1.82) is 0 Å². The third-order valence-electron chi connectivity index (χ3n) is 3.11. The van der Waals surface area contributed by atoms with Crippen molar-refractivity contribution >= 4 is 21.6 Å². The van der Waals surface area contributed by atoms with E-state index in [2.05, 4.69) is 4.98 Å². The number of hydrogen-bond acceptors (Lipinski definition) is 3. The van der Waals surface area contributed by atoms with Crippen LogP contribution in [0, 0.1) is 0 Å². The first-order chi connectivity index (χ1) is 10.1. The minimum atomic E-state index is -3.55. The number of halogens is 1. The van der Waals surface area contributed by atoms with Gasteiger partial charge in [0, 0.05) is 18.6 Å². The summed E-state index contributed by atoms with van der Waals surface area (Å²) in [5.41, 5.74) is 1.50. The van der Waals surface area contributed by atoms with E-state index in [1.807, 2.05) is 19.1 Å². The van der Waals surface area contributed by atoms with Gasteiger partial charge in [-0.15, -0.1) is 11.6 Å². The van der Waals surface area contributed by atoms with Crippen LogP contribution in [0.15, 0.2) is 53.6 Å². The summed E-state index contributed by atoms with van der Waals surface area (Å²) >= 11 is 5.77. The van der Waals surface area contributed by atoms with E-state index in [0.29, 0.717) is 6.54 Å². The first-order valence-electron chi connectivity index (χ1n) is 6.63. The Morgan fingerprint density at radius 3 is 2.62 bits per heavy atom. The molecule has 0 fully saturated rings. The molecule has 0 aliphatic heterocycles. The van der Waals surface area contributed by atoms with Crippen molar-refractivity contribution in [3.05, 3.63) is 59.9 Å². The zero-order valence-corrected chi connectivity index (χ0v) is 13.3. The van der Waals surface area contributed by atoms with Crippen molar-refractivity contribution in [3.8, 4) is 0 Å². The minimum Gasteiger partial charge on any atom is -0.260 e. The van der Waals surface area contributed by atoms with E-state index in [4.69, 9.17) is 11.6 Å². The smallest absolute Gasteiger partial charge is 0.243 e. The SMILES string of the molecule is CCN(Cc1ccccn1)S(=O)(=O)c1cccc(CCl)c1. The molecule has 0 atom stereocenters. The molecular formula is C15H17ClN2O2S. The lowest BCUT2D eigenvalue weighted by atomic mass is 10.2. The van der Waals surface area contributed by atoms with Crippen molar-refractivity contribution < 1.29 is 8.42 Å². The molecule has 0 N–H and O–H groups in total. The number of aromatic nitrogens is 1. The summed E-state index contributed by atoms with van der Waals surface area (Å²) in [6.07, 6.45) is 1.66. The van der Waals surface area contributed by atoms with Gasteiger partial charge in [0.2, 0.25) is 10.0 Å². The highest BCUT2D eigenvalue weighted by Gasteiger charge is 2.23. The third-order valence-corrected chi connectivity index (χ3v) is 5.33. The summed E-state index contributed by atoms with van der Waals surface area (Å²) in [4.78, 5) is 4.44. The van der Waals surface area contributed by atoms with Crippen LogP contribution in [-0.2, 0) is 22.4 Å². The van der Waals surface area contributed by atoms with Crippen LogP contribution >= 0.6 is 11.6 Å². The van der Waals surface area contributed by atoms with E-state index in [1.165, 1.54) is 4.31 Å². The Labute approximate surface area is 130 Å². The Kier molecular flexibility index (Phi) is 5.33. The van der Waals surface area contributed by atoms with Crippen molar-refractivity contribution in [3.63, 3.8) is 0 Å². The Hall–Kier alpha value is -1.43. The molecule has 1 heterocycles. The van der Waals surface area contributed by atoms with Crippen molar-refractivity contribution in [1.82, 2.24) is 9.29 Å². The molecule has 0 unspecified atom stereocenters. The maximum Gasteiger partial charge on any atom is 0.243 e. The number of nitrogens with zero attached hydrogens (tertiary/aromatic N) is 2. The zero-order chi connectivity index (χ0) is 15.3. The van der Waals surface area contributed by atoms with E-state index in [0.717, 1.165) is 11.3 Å². The maximum atomic E-state index is 12.7. The Bertz CT molecular complexity index is 690. The molecular weight excluding hydrogens is 308 g/mol. The molecule has 0 saturated carbocycles. The molecule has 1 aromatic heterocycles. The first kappa shape index (κ1) is 15.9. The summed E-state index contributed by atoms with van der Waals surface area (Å²) in [5.74, 6) is 0.287. The monoisotopic (exact) mass is 324 g/mol. The lowest BCUT2D eigenvalue weighted by molar-refractivity contribution is 0.419. The van der Waals surface area contributed by atoms with Gasteiger partial charge in [-0.1, -0.05) is 25.1 Å². The molecule has 112 valence electrons. The Morgan fingerprint density at radius 2 is 2.00 bits per heavy atom. The summed E-state index contributed by atoms with van der Waals surface area (Å²) < 4.78 is 26.8. The minimum absolute atomic E-state index is 0.255. The summed E-state index contributed by atoms with van der Waals surface area (Å²) in [5, 5.41) is 0. The number of rotatable bonds is 6.